The summed E-state index contributed by atoms with van der Waals surface area (Å²) < 4.78 is 15.3. The molecule has 0 aromatic heterocycles. The van der Waals surface area contributed by atoms with Gasteiger partial charge in [-0.2, -0.15) is 0 Å². The van der Waals surface area contributed by atoms with Gasteiger partial charge < -0.3 is 9.80 Å². The van der Waals surface area contributed by atoms with E-state index in [1.807, 2.05) is 24.3 Å². The highest BCUT2D eigenvalue weighted by Crippen LogP contribution is 2.45. The smallest absolute Gasteiger partial charge is 0.252 e. The molecule has 40 heavy (non-hydrogen) atoms. The number of hydrogen-bond acceptors (Lipinski definition) is 2. The van der Waals surface area contributed by atoms with Crippen LogP contribution in [0.1, 0.15) is 0 Å². The first-order chi connectivity index (χ1) is 19.8. The Balaban J connectivity index is 1.52. The van der Waals surface area contributed by atoms with Crippen LogP contribution in [-0.4, -0.2) is 6.71 Å². The molecule has 0 radical (unpaired) electrons. The van der Waals surface area contributed by atoms with Gasteiger partial charge in [-0.3, -0.25) is 0 Å². The van der Waals surface area contributed by atoms with E-state index in [4.69, 9.17) is 0 Å². The summed E-state index contributed by atoms with van der Waals surface area (Å²) in [5.74, 6) is -0.226. The van der Waals surface area contributed by atoms with Crippen molar-refractivity contribution in [3.63, 3.8) is 0 Å². The third kappa shape index (κ3) is 3.36. The number of benzene rings is 6. The van der Waals surface area contributed by atoms with E-state index in [1.54, 1.807) is 6.07 Å². The molecule has 6 aromatic carbocycles. The summed E-state index contributed by atoms with van der Waals surface area (Å²) in [5, 5.41) is 0. The third-order valence-corrected chi connectivity index (χ3v) is 8.10. The molecule has 188 valence electrons. The molecular formula is C36H24BFN2. The minimum atomic E-state index is -0.226. The van der Waals surface area contributed by atoms with E-state index in [1.165, 1.54) is 22.5 Å². The Morgan fingerprint density at radius 1 is 0.450 bits per heavy atom. The number of para-hydroxylation sites is 4. The highest BCUT2D eigenvalue weighted by Gasteiger charge is 2.43. The van der Waals surface area contributed by atoms with Gasteiger partial charge in [0.1, 0.15) is 5.82 Å². The van der Waals surface area contributed by atoms with Crippen LogP contribution >= 0.6 is 0 Å². The van der Waals surface area contributed by atoms with E-state index in [0.717, 1.165) is 39.7 Å². The van der Waals surface area contributed by atoms with Gasteiger partial charge in [-0.1, -0.05) is 91.0 Å². The lowest BCUT2D eigenvalue weighted by Crippen LogP contribution is -2.61. The van der Waals surface area contributed by atoms with Gasteiger partial charge in [0.2, 0.25) is 0 Å². The van der Waals surface area contributed by atoms with Gasteiger partial charge in [0.25, 0.3) is 6.71 Å². The third-order valence-electron chi connectivity index (χ3n) is 8.10. The molecule has 0 aliphatic carbocycles. The summed E-state index contributed by atoms with van der Waals surface area (Å²) in [6.07, 6.45) is 0. The van der Waals surface area contributed by atoms with Crippen molar-refractivity contribution < 1.29 is 4.39 Å². The van der Waals surface area contributed by atoms with Crippen LogP contribution in [0, 0.1) is 5.82 Å². The molecule has 2 nitrogen and oxygen atoms in total. The number of rotatable bonds is 3. The van der Waals surface area contributed by atoms with Gasteiger partial charge in [-0.15, -0.1) is 0 Å². The van der Waals surface area contributed by atoms with Crippen LogP contribution < -0.4 is 26.2 Å². The van der Waals surface area contributed by atoms with E-state index in [0.29, 0.717) is 5.56 Å². The van der Waals surface area contributed by atoms with Crippen LogP contribution in [0.15, 0.2) is 146 Å². The summed E-state index contributed by atoms with van der Waals surface area (Å²) >= 11 is 0. The summed E-state index contributed by atoms with van der Waals surface area (Å²) in [4.78, 5) is 4.68. The first kappa shape index (κ1) is 22.9. The molecule has 0 N–H and O–H groups in total. The summed E-state index contributed by atoms with van der Waals surface area (Å²) in [6.45, 7) is 0.0481. The first-order valence-electron chi connectivity index (χ1n) is 13.6. The molecule has 8 rings (SSSR count). The predicted molar refractivity (Wildman–Crippen MR) is 166 cm³/mol. The minimum Gasteiger partial charge on any atom is -0.311 e. The van der Waals surface area contributed by atoms with Crippen LogP contribution in [0.3, 0.4) is 0 Å². The Hall–Kier alpha value is -5.09. The van der Waals surface area contributed by atoms with Crippen molar-refractivity contribution in [2.24, 2.45) is 0 Å². The largest absolute Gasteiger partial charge is 0.311 e. The van der Waals surface area contributed by atoms with Gasteiger partial charge in [0, 0.05) is 39.7 Å². The summed E-state index contributed by atoms with van der Waals surface area (Å²) in [7, 11) is 0. The Kier molecular flexibility index (Phi) is 5.14. The topological polar surface area (TPSA) is 6.48 Å². The molecule has 0 unspecified atom stereocenters. The van der Waals surface area contributed by atoms with Gasteiger partial charge >= 0.3 is 0 Å². The van der Waals surface area contributed by atoms with Gasteiger partial charge in [0.05, 0.1) is 0 Å². The standard InChI is InChI=1S/C36H24BFN2/c38-31-20-10-7-17-28(31)25-23-34-36-35(24-25)40(27-15-5-2-6-16-27)33-22-12-9-19-30(33)37(36)29-18-8-11-21-32(29)39(34)26-13-3-1-4-14-26/h1-24H. The maximum Gasteiger partial charge on any atom is 0.252 e. The zero-order chi connectivity index (χ0) is 26.6. The molecule has 0 saturated heterocycles. The van der Waals surface area contributed by atoms with E-state index < -0.39 is 0 Å². The SMILES string of the molecule is Fc1ccccc1-c1cc2c3c(c1)N(c1ccccc1)c1ccccc1B3c1ccccc1N2c1ccccc1. The predicted octanol–water partition coefficient (Wildman–Crippen LogP) is 7.58. The normalized spacial score (nSPS) is 13.0. The van der Waals surface area contributed by atoms with Crippen molar-refractivity contribution in [3.05, 3.63) is 151 Å². The number of nitrogens with zero attached hydrogens (tertiary/aromatic N) is 2. The van der Waals surface area contributed by atoms with Gasteiger partial charge in [-0.25, -0.2) is 4.39 Å². The van der Waals surface area contributed by atoms with Crippen molar-refractivity contribution in [2.45, 2.75) is 0 Å². The number of anilines is 6. The highest BCUT2D eigenvalue weighted by molar-refractivity contribution is 7.00. The monoisotopic (exact) mass is 514 g/mol. The Bertz CT molecular complexity index is 1770. The van der Waals surface area contributed by atoms with Gasteiger partial charge in [-0.05, 0) is 76.5 Å². The molecule has 0 atom stereocenters. The van der Waals surface area contributed by atoms with Crippen LogP contribution in [0.4, 0.5) is 38.5 Å². The molecule has 0 amide bonds. The Morgan fingerprint density at radius 2 is 0.900 bits per heavy atom. The second-order valence-electron chi connectivity index (χ2n) is 10.3. The quantitative estimate of drug-likeness (QED) is 0.224. The van der Waals surface area contributed by atoms with E-state index in [2.05, 4.69) is 119 Å². The van der Waals surface area contributed by atoms with Crippen molar-refractivity contribution in [1.29, 1.82) is 0 Å². The second-order valence-corrected chi connectivity index (χ2v) is 10.3. The van der Waals surface area contributed by atoms with E-state index in [9.17, 15) is 0 Å². The van der Waals surface area contributed by atoms with Crippen LogP contribution in [0.5, 0.6) is 0 Å². The average molecular weight is 514 g/mol. The molecule has 0 saturated carbocycles. The highest BCUT2D eigenvalue weighted by atomic mass is 19.1. The Labute approximate surface area is 233 Å². The number of fused-ring (bicyclic) bond motifs is 4. The lowest BCUT2D eigenvalue weighted by Gasteiger charge is -2.44. The van der Waals surface area contributed by atoms with Crippen molar-refractivity contribution in [1.82, 2.24) is 0 Å². The fourth-order valence-electron chi connectivity index (χ4n) is 6.46. The molecule has 0 fully saturated rings. The molecule has 2 aliphatic heterocycles. The second kappa shape index (κ2) is 8.99. The molecule has 0 spiro atoms. The van der Waals surface area contributed by atoms with Crippen LogP contribution in [-0.2, 0) is 0 Å². The lowest BCUT2D eigenvalue weighted by molar-refractivity contribution is 0.631. The van der Waals surface area contributed by atoms with Crippen LogP contribution in [0.2, 0.25) is 0 Å². The fourth-order valence-corrected chi connectivity index (χ4v) is 6.46. The molecule has 2 aliphatic rings. The molecule has 4 heteroatoms. The fraction of sp³-hybridized carbons (Fsp3) is 0. The zero-order valence-electron chi connectivity index (χ0n) is 21.7. The minimum absolute atomic E-state index is 0.0481. The number of halogens is 1. The summed E-state index contributed by atoms with van der Waals surface area (Å²) in [6, 6.07) is 49.7. The van der Waals surface area contributed by atoms with E-state index in [-0.39, 0.29) is 12.5 Å². The van der Waals surface area contributed by atoms with Crippen molar-refractivity contribution >= 4 is 57.2 Å². The van der Waals surface area contributed by atoms with Crippen molar-refractivity contribution in [2.75, 3.05) is 9.80 Å². The van der Waals surface area contributed by atoms with Crippen molar-refractivity contribution in [3.8, 4) is 11.1 Å². The number of hydrogen-bond donors (Lipinski definition) is 0. The molecule has 2 heterocycles. The molecule has 6 aromatic rings. The first-order valence-corrected chi connectivity index (χ1v) is 13.6. The van der Waals surface area contributed by atoms with Gasteiger partial charge in [0.15, 0.2) is 0 Å². The maximum absolute atomic E-state index is 15.3. The zero-order valence-corrected chi connectivity index (χ0v) is 21.7. The molecular weight excluding hydrogens is 490 g/mol. The Morgan fingerprint density at radius 3 is 1.43 bits per heavy atom. The average Bonchev–Trinajstić information content (AvgIpc) is 3.02. The summed E-state index contributed by atoms with van der Waals surface area (Å²) in [5.41, 5.74) is 11.8. The van der Waals surface area contributed by atoms with Crippen LogP contribution in [0.25, 0.3) is 11.1 Å². The lowest BCUT2D eigenvalue weighted by atomic mass is 9.33. The van der Waals surface area contributed by atoms with E-state index >= 15 is 4.39 Å². The molecule has 0 bridgehead atoms. The maximum atomic E-state index is 15.3.